The molecule has 0 radical (unpaired) electrons. The standard InChI is InChI=1S/C36H23ClN6/c37-30-23-13-12-22-29(30)36-42-33(26-18-8-3-9-19-26)41-35(43-36)28-21-11-10-20-27(28)34-39-31(24-14-4-1-5-15-24)38-32(40-34)25-16-6-2-7-17-25/h1-23H. The SMILES string of the molecule is Clc1ccccc1-c1nc(-c2ccccc2)nc(-c2ccccc2-c2nc(-c3ccccc3)nc(-c3ccccc3)n2)n1. The molecule has 7 heteroatoms. The summed E-state index contributed by atoms with van der Waals surface area (Å²) in [5.41, 5.74) is 4.92. The minimum absolute atomic E-state index is 0.481. The van der Waals surface area contributed by atoms with E-state index in [1.807, 2.05) is 140 Å². The van der Waals surface area contributed by atoms with Crippen molar-refractivity contribution in [2.75, 3.05) is 0 Å². The van der Waals surface area contributed by atoms with Crippen LogP contribution >= 0.6 is 11.6 Å². The normalized spacial score (nSPS) is 10.9. The first-order valence-electron chi connectivity index (χ1n) is 13.8. The Bertz CT molecular complexity index is 1980. The fraction of sp³-hybridized carbons (Fsp3) is 0. The molecule has 7 rings (SSSR count). The highest BCUT2D eigenvalue weighted by Gasteiger charge is 2.19. The van der Waals surface area contributed by atoms with Gasteiger partial charge < -0.3 is 0 Å². The molecular weight excluding hydrogens is 552 g/mol. The van der Waals surface area contributed by atoms with Crippen LogP contribution in [0.3, 0.4) is 0 Å². The van der Waals surface area contributed by atoms with E-state index in [4.69, 9.17) is 41.5 Å². The van der Waals surface area contributed by atoms with Crippen LogP contribution in [0.25, 0.3) is 68.3 Å². The summed E-state index contributed by atoms with van der Waals surface area (Å²) in [7, 11) is 0. The summed E-state index contributed by atoms with van der Waals surface area (Å²) in [6, 6.07) is 45.1. The molecule has 0 bridgehead atoms. The number of halogens is 1. The van der Waals surface area contributed by atoms with Crippen molar-refractivity contribution in [2.45, 2.75) is 0 Å². The molecular formula is C36H23ClN6. The summed E-state index contributed by atoms with van der Waals surface area (Å²) in [5.74, 6) is 3.19. The average Bonchev–Trinajstić information content (AvgIpc) is 3.09. The summed E-state index contributed by atoms with van der Waals surface area (Å²) >= 11 is 6.61. The molecule has 6 nitrogen and oxygen atoms in total. The number of hydrogen-bond acceptors (Lipinski definition) is 6. The highest BCUT2D eigenvalue weighted by molar-refractivity contribution is 6.33. The van der Waals surface area contributed by atoms with Crippen LogP contribution < -0.4 is 0 Å². The molecule has 2 heterocycles. The summed E-state index contributed by atoms with van der Waals surface area (Å²) in [5, 5.41) is 0.560. The van der Waals surface area contributed by atoms with Gasteiger partial charge in [-0.05, 0) is 12.1 Å². The van der Waals surface area contributed by atoms with Crippen LogP contribution in [0.1, 0.15) is 0 Å². The van der Waals surface area contributed by atoms with Gasteiger partial charge in [-0.3, -0.25) is 0 Å². The maximum atomic E-state index is 6.61. The highest BCUT2D eigenvalue weighted by Crippen LogP contribution is 2.34. The minimum atomic E-state index is 0.481. The minimum Gasteiger partial charge on any atom is -0.208 e. The summed E-state index contributed by atoms with van der Waals surface area (Å²) in [6.45, 7) is 0. The van der Waals surface area contributed by atoms with Crippen LogP contribution in [-0.2, 0) is 0 Å². The maximum absolute atomic E-state index is 6.61. The van der Waals surface area contributed by atoms with E-state index in [0.717, 1.165) is 33.4 Å². The lowest BCUT2D eigenvalue weighted by atomic mass is 10.1. The van der Waals surface area contributed by atoms with Crippen LogP contribution in [-0.4, -0.2) is 29.9 Å². The second-order valence-electron chi connectivity index (χ2n) is 9.74. The van der Waals surface area contributed by atoms with E-state index < -0.39 is 0 Å². The first kappa shape index (κ1) is 26.3. The van der Waals surface area contributed by atoms with Crippen molar-refractivity contribution in [2.24, 2.45) is 0 Å². The zero-order valence-electron chi connectivity index (χ0n) is 22.8. The number of nitrogens with zero attached hydrogens (tertiary/aromatic N) is 6. The van der Waals surface area contributed by atoms with Crippen molar-refractivity contribution in [3.8, 4) is 68.3 Å². The Labute approximate surface area is 253 Å². The molecule has 43 heavy (non-hydrogen) atoms. The van der Waals surface area contributed by atoms with Crippen molar-refractivity contribution in [3.63, 3.8) is 0 Å². The Morgan fingerprint density at radius 1 is 0.279 bits per heavy atom. The molecule has 0 N–H and O–H groups in total. The summed E-state index contributed by atoms with van der Waals surface area (Å²) in [6.07, 6.45) is 0. The second-order valence-corrected chi connectivity index (χ2v) is 10.1. The van der Waals surface area contributed by atoms with Gasteiger partial charge in [0.2, 0.25) is 0 Å². The molecule has 204 valence electrons. The van der Waals surface area contributed by atoms with Crippen LogP contribution in [0, 0.1) is 0 Å². The Balaban J connectivity index is 1.45. The zero-order valence-corrected chi connectivity index (χ0v) is 23.6. The van der Waals surface area contributed by atoms with Crippen LogP contribution in [0.15, 0.2) is 140 Å². The quantitative estimate of drug-likeness (QED) is 0.198. The van der Waals surface area contributed by atoms with E-state index in [1.165, 1.54) is 0 Å². The van der Waals surface area contributed by atoms with Gasteiger partial charge in [0.15, 0.2) is 34.9 Å². The van der Waals surface area contributed by atoms with Gasteiger partial charge in [0.25, 0.3) is 0 Å². The van der Waals surface area contributed by atoms with Gasteiger partial charge >= 0.3 is 0 Å². The fourth-order valence-corrected chi connectivity index (χ4v) is 5.00. The molecule has 0 spiro atoms. The lowest BCUT2D eigenvalue weighted by molar-refractivity contribution is 1.06. The molecule has 0 amide bonds. The van der Waals surface area contributed by atoms with Gasteiger partial charge in [0, 0.05) is 33.4 Å². The van der Waals surface area contributed by atoms with E-state index in [0.29, 0.717) is 40.0 Å². The third-order valence-corrected chi connectivity index (χ3v) is 7.22. The van der Waals surface area contributed by atoms with Gasteiger partial charge in [0.05, 0.1) is 5.02 Å². The van der Waals surface area contributed by atoms with E-state index >= 15 is 0 Å². The Morgan fingerprint density at radius 3 is 0.953 bits per heavy atom. The Hall–Kier alpha value is -5.59. The van der Waals surface area contributed by atoms with Crippen molar-refractivity contribution >= 4 is 11.6 Å². The predicted octanol–water partition coefficient (Wildman–Crippen LogP) is 8.71. The van der Waals surface area contributed by atoms with Crippen molar-refractivity contribution < 1.29 is 0 Å². The van der Waals surface area contributed by atoms with Crippen LogP contribution in [0.2, 0.25) is 5.02 Å². The average molecular weight is 575 g/mol. The number of hydrogen-bond donors (Lipinski definition) is 0. The molecule has 0 fully saturated rings. The zero-order chi connectivity index (χ0) is 29.0. The molecule has 0 aliphatic carbocycles. The molecule has 0 atom stereocenters. The van der Waals surface area contributed by atoms with Crippen LogP contribution in [0.5, 0.6) is 0 Å². The van der Waals surface area contributed by atoms with Crippen molar-refractivity contribution in [1.29, 1.82) is 0 Å². The third kappa shape index (κ3) is 5.52. The second kappa shape index (κ2) is 11.7. The topological polar surface area (TPSA) is 77.3 Å². The Morgan fingerprint density at radius 2 is 0.558 bits per heavy atom. The number of benzene rings is 5. The Kier molecular flexibility index (Phi) is 7.17. The van der Waals surface area contributed by atoms with E-state index in [-0.39, 0.29) is 0 Å². The van der Waals surface area contributed by atoms with Gasteiger partial charge in [-0.15, -0.1) is 0 Å². The molecule has 2 aromatic heterocycles. The third-order valence-electron chi connectivity index (χ3n) is 6.89. The summed E-state index contributed by atoms with van der Waals surface area (Å²) < 4.78 is 0. The first-order valence-corrected chi connectivity index (χ1v) is 14.1. The molecule has 0 aliphatic heterocycles. The molecule has 7 aromatic rings. The first-order chi connectivity index (χ1) is 21.2. The van der Waals surface area contributed by atoms with Crippen molar-refractivity contribution in [1.82, 2.24) is 29.9 Å². The number of rotatable bonds is 6. The molecule has 0 aliphatic rings. The predicted molar refractivity (Wildman–Crippen MR) is 171 cm³/mol. The maximum Gasteiger partial charge on any atom is 0.165 e. The smallest absolute Gasteiger partial charge is 0.165 e. The largest absolute Gasteiger partial charge is 0.208 e. The van der Waals surface area contributed by atoms with Gasteiger partial charge in [0.1, 0.15) is 0 Å². The lowest BCUT2D eigenvalue weighted by Gasteiger charge is -2.13. The molecule has 0 saturated heterocycles. The molecule has 5 aromatic carbocycles. The van der Waals surface area contributed by atoms with Gasteiger partial charge in [-0.1, -0.05) is 139 Å². The van der Waals surface area contributed by atoms with Gasteiger partial charge in [-0.25, -0.2) is 29.9 Å². The summed E-state index contributed by atoms with van der Waals surface area (Å²) in [4.78, 5) is 29.4. The highest BCUT2D eigenvalue weighted by atomic mass is 35.5. The lowest BCUT2D eigenvalue weighted by Crippen LogP contribution is -2.03. The van der Waals surface area contributed by atoms with Crippen LogP contribution in [0.4, 0.5) is 0 Å². The molecule has 0 unspecified atom stereocenters. The van der Waals surface area contributed by atoms with E-state index in [9.17, 15) is 0 Å². The van der Waals surface area contributed by atoms with Gasteiger partial charge in [-0.2, -0.15) is 0 Å². The van der Waals surface area contributed by atoms with E-state index in [2.05, 4.69) is 0 Å². The fourth-order valence-electron chi connectivity index (χ4n) is 4.78. The van der Waals surface area contributed by atoms with E-state index in [1.54, 1.807) is 0 Å². The number of aromatic nitrogens is 6. The molecule has 0 saturated carbocycles. The monoisotopic (exact) mass is 574 g/mol. The van der Waals surface area contributed by atoms with Crippen molar-refractivity contribution in [3.05, 3.63) is 145 Å².